The SMILES string of the molecule is CC(C)(C(=O)N1CCc2[nH]ncc2C1)c1cccc(C(F)(F)F)c1. The van der Waals surface area contributed by atoms with Crippen LogP contribution in [0, 0.1) is 0 Å². The molecule has 1 aliphatic heterocycles. The Morgan fingerprint density at radius 1 is 1.25 bits per heavy atom. The van der Waals surface area contributed by atoms with Crippen molar-refractivity contribution in [3.05, 3.63) is 52.8 Å². The normalized spacial score (nSPS) is 15.3. The molecular weight excluding hydrogens is 319 g/mol. The number of H-pyrrole nitrogens is 1. The molecule has 128 valence electrons. The van der Waals surface area contributed by atoms with Crippen molar-refractivity contribution >= 4 is 5.91 Å². The van der Waals surface area contributed by atoms with Crippen LogP contribution >= 0.6 is 0 Å². The zero-order valence-electron chi connectivity index (χ0n) is 13.4. The predicted octanol–water partition coefficient (Wildman–Crippen LogP) is 3.29. The molecule has 0 radical (unpaired) electrons. The highest BCUT2D eigenvalue weighted by Crippen LogP contribution is 2.34. The minimum Gasteiger partial charge on any atom is -0.337 e. The summed E-state index contributed by atoms with van der Waals surface area (Å²) >= 11 is 0. The second-order valence-corrected chi connectivity index (χ2v) is 6.55. The van der Waals surface area contributed by atoms with Gasteiger partial charge in [-0.15, -0.1) is 0 Å². The van der Waals surface area contributed by atoms with Crippen LogP contribution in [0.4, 0.5) is 13.2 Å². The number of nitrogens with zero attached hydrogens (tertiary/aromatic N) is 2. The number of carbonyl (C=O) groups is 1. The van der Waals surface area contributed by atoms with Crippen molar-refractivity contribution in [2.75, 3.05) is 6.54 Å². The number of alkyl halides is 3. The largest absolute Gasteiger partial charge is 0.416 e. The Hall–Kier alpha value is -2.31. The number of aromatic nitrogens is 2. The first-order valence-electron chi connectivity index (χ1n) is 7.68. The lowest BCUT2D eigenvalue weighted by Crippen LogP contribution is -2.45. The number of rotatable bonds is 2. The summed E-state index contributed by atoms with van der Waals surface area (Å²) < 4.78 is 38.8. The van der Waals surface area contributed by atoms with E-state index in [2.05, 4.69) is 10.2 Å². The quantitative estimate of drug-likeness (QED) is 0.914. The van der Waals surface area contributed by atoms with Crippen molar-refractivity contribution in [1.82, 2.24) is 15.1 Å². The summed E-state index contributed by atoms with van der Waals surface area (Å²) in [6.45, 7) is 4.27. The van der Waals surface area contributed by atoms with Gasteiger partial charge < -0.3 is 4.90 Å². The third-order valence-electron chi connectivity index (χ3n) is 4.53. The summed E-state index contributed by atoms with van der Waals surface area (Å²) in [5, 5.41) is 6.87. The Morgan fingerprint density at radius 3 is 2.67 bits per heavy atom. The molecule has 0 saturated heterocycles. The van der Waals surface area contributed by atoms with E-state index in [0.717, 1.165) is 23.4 Å². The number of hydrogen-bond acceptors (Lipinski definition) is 2. The van der Waals surface area contributed by atoms with Gasteiger partial charge in [-0.3, -0.25) is 9.89 Å². The summed E-state index contributed by atoms with van der Waals surface area (Å²) in [5.74, 6) is -0.186. The molecule has 1 aromatic heterocycles. The summed E-state index contributed by atoms with van der Waals surface area (Å²) in [6, 6.07) is 4.99. The second kappa shape index (κ2) is 5.65. The van der Waals surface area contributed by atoms with E-state index in [9.17, 15) is 18.0 Å². The molecule has 0 bridgehead atoms. The minimum atomic E-state index is -4.42. The van der Waals surface area contributed by atoms with E-state index in [0.29, 0.717) is 25.1 Å². The third kappa shape index (κ3) is 2.90. The maximum atomic E-state index is 12.9. The average molecular weight is 337 g/mol. The van der Waals surface area contributed by atoms with Gasteiger partial charge in [0.05, 0.1) is 17.2 Å². The van der Waals surface area contributed by atoms with Crippen LogP contribution in [-0.4, -0.2) is 27.5 Å². The van der Waals surface area contributed by atoms with E-state index in [4.69, 9.17) is 0 Å². The Bertz CT molecular complexity index is 764. The van der Waals surface area contributed by atoms with Crippen molar-refractivity contribution in [2.24, 2.45) is 0 Å². The molecule has 0 spiro atoms. The van der Waals surface area contributed by atoms with E-state index in [1.165, 1.54) is 6.07 Å². The van der Waals surface area contributed by atoms with Gasteiger partial charge in [-0.05, 0) is 25.5 Å². The van der Waals surface area contributed by atoms with Crippen LogP contribution in [0.1, 0.15) is 36.2 Å². The van der Waals surface area contributed by atoms with Gasteiger partial charge in [0.1, 0.15) is 0 Å². The molecule has 0 saturated carbocycles. The molecule has 24 heavy (non-hydrogen) atoms. The van der Waals surface area contributed by atoms with Crippen LogP contribution < -0.4 is 0 Å². The fraction of sp³-hybridized carbons (Fsp3) is 0.412. The van der Waals surface area contributed by atoms with E-state index in [1.807, 2.05) is 0 Å². The van der Waals surface area contributed by atoms with Gasteiger partial charge in [0, 0.05) is 30.8 Å². The maximum absolute atomic E-state index is 12.9. The Labute approximate surface area is 137 Å². The lowest BCUT2D eigenvalue weighted by Gasteiger charge is -2.34. The molecule has 0 unspecified atom stereocenters. The number of hydrogen-bond donors (Lipinski definition) is 1. The Morgan fingerprint density at radius 2 is 1.96 bits per heavy atom. The van der Waals surface area contributed by atoms with Crippen LogP contribution in [-0.2, 0) is 29.4 Å². The number of fused-ring (bicyclic) bond motifs is 1. The van der Waals surface area contributed by atoms with Crippen LogP contribution in [0.3, 0.4) is 0 Å². The van der Waals surface area contributed by atoms with Gasteiger partial charge in [-0.1, -0.05) is 18.2 Å². The predicted molar refractivity (Wildman–Crippen MR) is 82.2 cm³/mol. The van der Waals surface area contributed by atoms with Crippen molar-refractivity contribution in [1.29, 1.82) is 0 Å². The molecule has 7 heteroatoms. The van der Waals surface area contributed by atoms with Crippen LogP contribution in [0.25, 0.3) is 0 Å². The first kappa shape index (κ1) is 16.5. The second-order valence-electron chi connectivity index (χ2n) is 6.55. The molecule has 2 aromatic rings. The number of aromatic amines is 1. The molecule has 1 N–H and O–H groups in total. The van der Waals surface area contributed by atoms with Gasteiger partial charge in [-0.25, -0.2) is 0 Å². The molecule has 1 aliphatic rings. The Balaban J connectivity index is 1.86. The molecule has 3 rings (SSSR count). The molecule has 2 heterocycles. The number of amides is 1. The molecule has 0 aliphatic carbocycles. The lowest BCUT2D eigenvalue weighted by atomic mass is 9.82. The smallest absolute Gasteiger partial charge is 0.337 e. The lowest BCUT2D eigenvalue weighted by molar-refractivity contribution is -0.139. The van der Waals surface area contributed by atoms with Gasteiger partial charge in [0.25, 0.3) is 0 Å². The molecule has 1 amide bonds. The highest BCUT2D eigenvalue weighted by molar-refractivity contribution is 5.87. The molecular formula is C17H18F3N3O. The van der Waals surface area contributed by atoms with Gasteiger partial charge in [0.15, 0.2) is 0 Å². The van der Waals surface area contributed by atoms with Crippen LogP contribution in [0.15, 0.2) is 30.5 Å². The van der Waals surface area contributed by atoms with Crippen LogP contribution in [0.2, 0.25) is 0 Å². The first-order valence-corrected chi connectivity index (χ1v) is 7.68. The van der Waals surface area contributed by atoms with E-state index < -0.39 is 17.2 Å². The first-order chi connectivity index (χ1) is 11.2. The Kier molecular flexibility index (Phi) is 3.89. The summed E-state index contributed by atoms with van der Waals surface area (Å²) in [4.78, 5) is 14.6. The van der Waals surface area contributed by atoms with Crippen molar-refractivity contribution in [2.45, 2.75) is 38.4 Å². The molecule has 4 nitrogen and oxygen atoms in total. The van der Waals surface area contributed by atoms with E-state index in [1.54, 1.807) is 31.0 Å². The maximum Gasteiger partial charge on any atom is 0.416 e. The van der Waals surface area contributed by atoms with Crippen molar-refractivity contribution < 1.29 is 18.0 Å². The number of nitrogens with one attached hydrogen (secondary N) is 1. The third-order valence-corrected chi connectivity index (χ3v) is 4.53. The average Bonchev–Trinajstić information content (AvgIpc) is 3.01. The monoisotopic (exact) mass is 337 g/mol. The molecule has 0 atom stereocenters. The zero-order valence-corrected chi connectivity index (χ0v) is 13.4. The van der Waals surface area contributed by atoms with E-state index in [-0.39, 0.29) is 5.91 Å². The van der Waals surface area contributed by atoms with Gasteiger partial charge in [-0.2, -0.15) is 18.3 Å². The number of carbonyl (C=O) groups excluding carboxylic acids is 1. The highest BCUT2D eigenvalue weighted by Gasteiger charge is 2.37. The van der Waals surface area contributed by atoms with Crippen LogP contribution in [0.5, 0.6) is 0 Å². The fourth-order valence-electron chi connectivity index (χ4n) is 3.00. The minimum absolute atomic E-state index is 0.186. The standard InChI is InChI=1S/C17H18F3N3O/c1-16(2,12-4-3-5-13(8-12)17(18,19)20)15(24)23-7-6-14-11(10-23)9-21-22-14/h3-5,8-9H,6-7,10H2,1-2H3,(H,21,22). The summed E-state index contributed by atoms with van der Waals surface area (Å²) in [6.07, 6.45) is -2.07. The van der Waals surface area contributed by atoms with E-state index >= 15 is 0 Å². The zero-order chi connectivity index (χ0) is 17.5. The summed E-state index contributed by atoms with van der Waals surface area (Å²) in [7, 11) is 0. The van der Waals surface area contributed by atoms with Crippen molar-refractivity contribution in [3.63, 3.8) is 0 Å². The van der Waals surface area contributed by atoms with Crippen molar-refractivity contribution in [3.8, 4) is 0 Å². The molecule has 1 aromatic carbocycles. The number of benzene rings is 1. The number of halogens is 3. The highest BCUT2D eigenvalue weighted by atomic mass is 19.4. The van der Waals surface area contributed by atoms with Gasteiger partial charge >= 0.3 is 6.18 Å². The topological polar surface area (TPSA) is 49.0 Å². The molecule has 0 fully saturated rings. The summed E-state index contributed by atoms with van der Waals surface area (Å²) in [5.41, 5.74) is 0.546. The van der Waals surface area contributed by atoms with Gasteiger partial charge in [0.2, 0.25) is 5.91 Å². The fourth-order valence-corrected chi connectivity index (χ4v) is 3.00.